The normalized spacial score (nSPS) is 19.9. The van der Waals surface area contributed by atoms with Crippen molar-refractivity contribution < 1.29 is 27.1 Å². The first kappa shape index (κ1) is 24.1. The van der Waals surface area contributed by atoms with Gasteiger partial charge in [-0.25, -0.2) is 8.78 Å². The van der Waals surface area contributed by atoms with Gasteiger partial charge in [0, 0.05) is 19.4 Å². The van der Waals surface area contributed by atoms with E-state index >= 15 is 0 Å². The lowest BCUT2D eigenvalue weighted by Gasteiger charge is -2.36. The Kier molecular flexibility index (Phi) is 10.4. The molecule has 0 unspecified atom stereocenters. The molecule has 0 aromatic heterocycles. The molecule has 1 aromatic rings. The molecule has 0 heterocycles. The van der Waals surface area contributed by atoms with Gasteiger partial charge in [0.15, 0.2) is 11.5 Å². The highest BCUT2D eigenvalue weighted by Gasteiger charge is 2.44. The van der Waals surface area contributed by atoms with E-state index < -0.39 is 21.9 Å². The van der Waals surface area contributed by atoms with Crippen LogP contribution in [0.3, 0.4) is 0 Å². The molecule has 0 atom stereocenters. The van der Waals surface area contributed by atoms with Gasteiger partial charge in [0.2, 0.25) is 0 Å². The smallest absolute Gasteiger partial charge is 0.376 e. The quantitative estimate of drug-likeness (QED) is 0.416. The van der Waals surface area contributed by atoms with Crippen LogP contribution in [0.2, 0.25) is 6.04 Å². The molecule has 0 saturated heterocycles. The van der Waals surface area contributed by atoms with Crippen molar-refractivity contribution in [2.75, 3.05) is 40.8 Å². The summed E-state index contributed by atoms with van der Waals surface area (Å²) in [5.74, 6) is 2.19. The second kappa shape index (κ2) is 12.5. The third-order valence-corrected chi connectivity index (χ3v) is 9.58. The van der Waals surface area contributed by atoms with Crippen LogP contribution in [-0.2, 0) is 8.85 Å². The highest BCUT2D eigenvalue weighted by atomic mass is 28.4. The van der Waals surface area contributed by atoms with Crippen LogP contribution < -0.4 is 14.7 Å². The predicted octanol–water partition coefficient (Wildman–Crippen LogP) is 4.93. The summed E-state index contributed by atoms with van der Waals surface area (Å²) in [6, 6.07) is 6.28. The number of rotatable bonds is 13. The van der Waals surface area contributed by atoms with Crippen molar-refractivity contribution in [2.24, 2.45) is 11.8 Å². The van der Waals surface area contributed by atoms with E-state index in [1.807, 2.05) is 12.1 Å². The Balaban J connectivity index is 2.27. The molecule has 1 aliphatic carbocycles. The van der Waals surface area contributed by atoms with Gasteiger partial charge in [-0.3, -0.25) is 0 Å². The molecular weight excluding hydrogens is 394 g/mol. The number of benzene rings is 1. The van der Waals surface area contributed by atoms with E-state index in [9.17, 15) is 8.78 Å². The monoisotopic (exact) mass is 430 g/mol. The maximum Gasteiger partial charge on any atom is 0.376 e. The third-order valence-electron chi connectivity index (χ3n) is 5.93. The van der Waals surface area contributed by atoms with E-state index in [-0.39, 0.29) is 13.2 Å². The summed E-state index contributed by atoms with van der Waals surface area (Å²) in [6.07, 6.45) is 7.39. The highest BCUT2D eigenvalue weighted by molar-refractivity contribution is 6.82. The Bertz CT molecular complexity index is 590. The second-order valence-corrected chi connectivity index (χ2v) is 11.0. The van der Waals surface area contributed by atoms with Crippen molar-refractivity contribution >= 4 is 13.7 Å². The lowest BCUT2D eigenvalue weighted by molar-refractivity contribution is 0.218. The molecule has 0 spiro atoms. The number of ether oxygens (including phenoxy) is 2. The summed E-state index contributed by atoms with van der Waals surface area (Å²) >= 11 is 0. The van der Waals surface area contributed by atoms with E-state index in [2.05, 4.69) is 6.92 Å². The molecule has 0 bridgehead atoms. The number of halogens is 2. The topological polar surface area (TPSA) is 36.9 Å². The molecule has 29 heavy (non-hydrogen) atoms. The summed E-state index contributed by atoms with van der Waals surface area (Å²) in [4.78, 5) is 0. The Morgan fingerprint density at radius 3 is 2.14 bits per heavy atom. The van der Waals surface area contributed by atoms with Crippen molar-refractivity contribution in [1.82, 2.24) is 0 Å². The van der Waals surface area contributed by atoms with Gasteiger partial charge in [-0.15, -0.1) is 0 Å². The van der Waals surface area contributed by atoms with Crippen LogP contribution in [-0.4, -0.2) is 49.3 Å². The summed E-state index contributed by atoms with van der Waals surface area (Å²) in [7, 11) is 0.512. The first-order valence-corrected chi connectivity index (χ1v) is 12.8. The molecule has 1 fully saturated rings. The largest absolute Gasteiger partial charge is 0.487 e. The van der Waals surface area contributed by atoms with Crippen LogP contribution in [0.4, 0.5) is 8.78 Å². The number of para-hydroxylation sites is 1. The highest BCUT2D eigenvalue weighted by Crippen LogP contribution is 2.38. The first-order valence-electron chi connectivity index (χ1n) is 10.7. The van der Waals surface area contributed by atoms with Gasteiger partial charge < -0.3 is 18.3 Å². The zero-order valence-electron chi connectivity index (χ0n) is 18.1. The molecule has 0 N–H and O–H groups in total. The summed E-state index contributed by atoms with van der Waals surface area (Å²) in [5, 5.41) is 0.794. The van der Waals surface area contributed by atoms with Crippen LogP contribution in [0.5, 0.6) is 11.5 Å². The minimum absolute atomic E-state index is 0.0780. The van der Waals surface area contributed by atoms with Gasteiger partial charge >= 0.3 is 8.56 Å². The van der Waals surface area contributed by atoms with Crippen LogP contribution in [0.1, 0.15) is 45.4 Å². The predicted molar refractivity (Wildman–Crippen MR) is 114 cm³/mol. The fourth-order valence-corrected chi connectivity index (χ4v) is 7.68. The molecule has 1 aliphatic rings. The molecular formula is C22H36F2O4Si. The molecule has 2 rings (SSSR count). The third kappa shape index (κ3) is 6.40. The van der Waals surface area contributed by atoms with Gasteiger partial charge in [0.25, 0.3) is 0 Å². The zero-order valence-corrected chi connectivity index (χ0v) is 19.1. The van der Waals surface area contributed by atoms with Crippen LogP contribution in [0.25, 0.3) is 0 Å². The minimum Gasteiger partial charge on any atom is -0.487 e. The van der Waals surface area contributed by atoms with Gasteiger partial charge in [-0.05, 0) is 23.9 Å². The Morgan fingerprint density at radius 2 is 1.55 bits per heavy atom. The Labute approximate surface area is 175 Å². The molecule has 1 saturated carbocycles. The standard InChI is InChI=1S/C22H36F2O4Si/c1-4-6-18-9-11-19(12-10-18)17-29(25-2,26-3)21-8-5-7-20(27-15-13-23)22(21)28-16-14-24/h5,7-8,18-19H,4,6,9-17H2,1-3H3. The number of hydrogen-bond acceptors (Lipinski definition) is 4. The molecule has 1 aromatic carbocycles. The molecule has 0 radical (unpaired) electrons. The minimum atomic E-state index is -2.83. The van der Waals surface area contributed by atoms with Crippen LogP contribution >= 0.6 is 0 Å². The fourth-order valence-electron chi connectivity index (χ4n) is 4.46. The first-order chi connectivity index (χ1) is 14.1. The molecule has 7 heteroatoms. The van der Waals surface area contributed by atoms with E-state index in [1.54, 1.807) is 20.3 Å². The van der Waals surface area contributed by atoms with Gasteiger partial charge in [-0.2, -0.15) is 0 Å². The average Bonchev–Trinajstić information content (AvgIpc) is 2.76. The maximum absolute atomic E-state index is 12.8. The average molecular weight is 431 g/mol. The summed E-state index contributed by atoms with van der Waals surface area (Å²) in [6.45, 7) is 0.850. The lowest BCUT2D eigenvalue weighted by Crippen LogP contribution is -2.54. The fraction of sp³-hybridized carbons (Fsp3) is 0.727. The lowest BCUT2D eigenvalue weighted by atomic mass is 9.81. The Morgan fingerprint density at radius 1 is 0.931 bits per heavy atom. The van der Waals surface area contributed by atoms with Crippen molar-refractivity contribution in [3.63, 3.8) is 0 Å². The van der Waals surface area contributed by atoms with Crippen molar-refractivity contribution in [2.45, 2.75) is 51.5 Å². The van der Waals surface area contributed by atoms with Gasteiger partial charge in [0.1, 0.15) is 26.6 Å². The summed E-state index contributed by atoms with van der Waals surface area (Å²) in [5.41, 5.74) is 0. The van der Waals surface area contributed by atoms with Crippen molar-refractivity contribution in [3.8, 4) is 11.5 Å². The SMILES string of the molecule is CCCC1CCC(C[Si](OC)(OC)c2cccc(OCCF)c2OCCF)CC1. The maximum atomic E-state index is 12.8. The van der Waals surface area contributed by atoms with E-state index in [1.165, 1.54) is 38.5 Å². The number of alkyl halides is 2. The van der Waals surface area contributed by atoms with Crippen LogP contribution in [0, 0.1) is 11.8 Å². The summed E-state index contributed by atoms with van der Waals surface area (Å²) < 4.78 is 48.8. The molecule has 0 amide bonds. The van der Waals surface area contributed by atoms with E-state index in [4.69, 9.17) is 18.3 Å². The van der Waals surface area contributed by atoms with Crippen molar-refractivity contribution in [3.05, 3.63) is 18.2 Å². The molecule has 0 aliphatic heterocycles. The van der Waals surface area contributed by atoms with E-state index in [0.717, 1.165) is 17.1 Å². The second-order valence-electron chi connectivity index (χ2n) is 7.75. The van der Waals surface area contributed by atoms with Crippen molar-refractivity contribution in [1.29, 1.82) is 0 Å². The van der Waals surface area contributed by atoms with Gasteiger partial charge in [-0.1, -0.05) is 57.6 Å². The zero-order chi connectivity index (χ0) is 21.1. The number of hydrogen-bond donors (Lipinski definition) is 0. The molecule has 166 valence electrons. The van der Waals surface area contributed by atoms with E-state index in [0.29, 0.717) is 17.4 Å². The molecule has 4 nitrogen and oxygen atoms in total. The van der Waals surface area contributed by atoms with Gasteiger partial charge in [0.05, 0.1) is 0 Å². The van der Waals surface area contributed by atoms with Crippen LogP contribution in [0.15, 0.2) is 18.2 Å². The Hall–Kier alpha value is -1.18.